The van der Waals surface area contributed by atoms with Crippen molar-refractivity contribution in [3.8, 4) is 0 Å². The summed E-state index contributed by atoms with van der Waals surface area (Å²) in [5.41, 5.74) is 1.09. The quantitative estimate of drug-likeness (QED) is 0.484. The standard InChI is InChI=1S/C23H32N2O5/c1-17(16-26)25-21(27)15-19-10-6-3-7-11-20(14-18-8-4-2-5-9-18)23(29)30-13-12-24-22(19)28/h2-6,8-9,17,19-20,26H,7,10-16H2,1H3,(H,24,28)(H,25,27). The smallest absolute Gasteiger partial charge is 0.309 e. The van der Waals surface area contributed by atoms with E-state index in [-0.39, 0.29) is 55.9 Å². The topological polar surface area (TPSA) is 105 Å². The Morgan fingerprint density at radius 1 is 1.23 bits per heavy atom. The summed E-state index contributed by atoms with van der Waals surface area (Å²) in [6.07, 6.45) is 6.29. The molecular formula is C23H32N2O5. The number of esters is 1. The van der Waals surface area contributed by atoms with E-state index in [2.05, 4.69) is 10.6 Å². The molecule has 0 saturated carbocycles. The second kappa shape index (κ2) is 12.8. The van der Waals surface area contributed by atoms with Gasteiger partial charge < -0.3 is 20.5 Å². The first-order valence-corrected chi connectivity index (χ1v) is 10.5. The lowest BCUT2D eigenvalue weighted by Crippen LogP contribution is -2.39. The number of aliphatic hydroxyl groups is 1. The summed E-state index contributed by atoms with van der Waals surface area (Å²) in [6, 6.07) is 9.49. The molecule has 1 aliphatic rings. The van der Waals surface area contributed by atoms with Gasteiger partial charge in [0.2, 0.25) is 11.8 Å². The maximum Gasteiger partial charge on any atom is 0.309 e. The van der Waals surface area contributed by atoms with E-state index in [4.69, 9.17) is 9.84 Å². The van der Waals surface area contributed by atoms with Gasteiger partial charge in [-0.3, -0.25) is 14.4 Å². The molecule has 3 unspecified atom stereocenters. The van der Waals surface area contributed by atoms with Crippen molar-refractivity contribution in [3.63, 3.8) is 0 Å². The van der Waals surface area contributed by atoms with Crippen LogP contribution in [0.4, 0.5) is 0 Å². The molecule has 0 spiro atoms. The van der Waals surface area contributed by atoms with Crippen molar-refractivity contribution in [1.82, 2.24) is 10.6 Å². The molecule has 7 heteroatoms. The number of benzene rings is 1. The van der Waals surface area contributed by atoms with E-state index < -0.39 is 5.92 Å². The maximum absolute atomic E-state index is 12.5. The van der Waals surface area contributed by atoms with Crippen LogP contribution >= 0.6 is 0 Å². The molecule has 0 aromatic heterocycles. The highest BCUT2D eigenvalue weighted by molar-refractivity contribution is 5.86. The Morgan fingerprint density at radius 3 is 2.73 bits per heavy atom. The first-order valence-electron chi connectivity index (χ1n) is 10.5. The van der Waals surface area contributed by atoms with Crippen molar-refractivity contribution in [3.05, 3.63) is 48.0 Å². The predicted molar refractivity (Wildman–Crippen MR) is 113 cm³/mol. The van der Waals surface area contributed by atoms with E-state index in [9.17, 15) is 14.4 Å². The fourth-order valence-electron chi connectivity index (χ4n) is 3.35. The molecule has 1 heterocycles. The number of ether oxygens (including phenoxy) is 1. The van der Waals surface area contributed by atoms with Crippen LogP contribution in [0.5, 0.6) is 0 Å². The molecule has 7 nitrogen and oxygen atoms in total. The van der Waals surface area contributed by atoms with Crippen molar-refractivity contribution in [1.29, 1.82) is 0 Å². The summed E-state index contributed by atoms with van der Waals surface area (Å²) < 4.78 is 5.39. The van der Waals surface area contributed by atoms with Crippen LogP contribution in [0.3, 0.4) is 0 Å². The first kappa shape index (κ1) is 23.6. The minimum absolute atomic E-state index is 0.0386. The third-order valence-corrected chi connectivity index (χ3v) is 5.06. The summed E-state index contributed by atoms with van der Waals surface area (Å²) in [7, 11) is 0. The monoisotopic (exact) mass is 416 g/mol. The van der Waals surface area contributed by atoms with Crippen LogP contribution in [0.2, 0.25) is 0 Å². The van der Waals surface area contributed by atoms with Gasteiger partial charge in [-0.2, -0.15) is 0 Å². The number of allylic oxidation sites excluding steroid dienone is 2. The normalized spacial score (nSPS) is 21.9. The van der Waals surface area contributed by atoms with Gasteiger partial charge in [-0.1, -0.05) is 42.5 Å². The van der Waals surface area contributed by atoms with Crippen molar-refractivity contribution in [2.45, 2.75) is 45.1 Å². The zero-order valence-corrected chi connectivity index (χ0v) is 17.5. The molecule has 3 atom stereocenters. The molecule has 0 aliphatic carbocycles. The average Bonchev–Trinajstić information content (AvgIpc) is 2.75. The molecule has 2 rings (SSSR count). The Morgan fingerprint density at radius 2 is 2.00 bits per heavy atom. The summed E-state index contributed by atoms with van der Waals surface area (Å²) in [4.78, 5) is 37.1. The lowest BCUT2D eigenvalue weighted by atomic mass is 9.94. The van der Waals surface area contributed by atoms with E-state index in [0.29, 0.717) is 25.7 Å². The zero-order valence-electron chi connectivity index (χ0n) is 17.5. The molecule has 0 bridgehead atoms. The number of carbonyl (C=O) groups is 3. The van der Waals surface area contributed by atoms with Crippen molar-refractivity contribution in [2.24, 2.45) is 11.8 Å². The van der Waals surface area contributed by atoms with Crippen LogP contribution in [-0.2, 0) is 25.5 Å². The predicted octanol–water partition coefficient (Wildman–Crippen LogP) is 1.75. The Labute approximate surface area is 177 Å². The number of aliphatic hydroxyl groups excluding tert-OH is 1. The van der Waals surface area contributed by atoms with Gasteiger partial charge >= 0.3 is 5.97 Å². The van der Waals surface area contributed by atoms with Crippen LogP contribution < -0.4 is 10.6 Å². The SMILES string of the molecule is CC(CO)NC(=O)CC1CC=CCCC(Cc2ccccc2)C(=O)OCCNC1=O. The van der Waals surface area contributed by atoms with E-state index in [1.807, 2.05) is 42.5 Å². The summed E-state index contributed by atoms with van der Waals surface area (Å²) >= 11 is 0. The number of carbonyl (C=O) groups excluding carboxylic acids is 3. The minimum atomic E-state index is -0.510. The third-order valence-electron chi connectivity index (χ3n) is 5.06. The Bertz CT molecular complexity index is 720. The Balaban J connectivity index is 1.98. The van der Waals surface area contributed by atoms with Gasteiger partial charge in [0.25, 0.3) is 0 Å². The van der Waals surface area contributed by atoms with Gasteiger partial charge in [0.15, 0.2) is 0 Å². The molecule has 3 N–H and O–H groups in total. The van der Waals surface area contributed by atoms with Crippen LogP contribution in [-0.4, -0.2) is 48.7 Å². The zero-order chi connectivity index (χ0) is 21.8. The number of amides is 2. The molecule has 1 aromatic rings. The molecule has 1 aromatic carbocycles. The number of rotatable bonds is 6. The molecule has 0 saturated heterocycles. The van der Waals surface area contributed by atoms with Gasteiger partial charge in [-0.05, 0) is 38.2 Å². The van der Waals surface area contributed by atoms with Gasteiger partial charge in [-0.25, -0.2) is 0 Å². The number of hydrogen-bond acceptors (Lipinski definition) is 5. The van der Waals surface area contributed by atoms with E-state index >= 15 is 0 Å². The van der Waals surface area contributed by atoms with Gasteiger partial charge in [0.05, 0.1) is 25.0 Å². The number of cyclic esters (lactones) is 1. The molecule has 164 valence electrons. The lowest BCUT2D eigenvalue weighted by molar-refractivity contribution is -0.149. The summed E-state index contributed by atoms with van der Waals surface area (Å²) in [6.45, 7) is 1.85. The summed E-state index contributed by atoms with van der Waals surface area (Å²) in [5, 5.41) is 14.5. The van der Waals surface area contributed by atoms with E-state index in [0.717, 1.165) is 5.56 Å². The molecule has 0 fully saturated rings. The van der Waals surface area contributed by atoms with Crippen LogP contribution in [0, 0.1) is 11.8 Å². The van der Waals surface area contributed by atoms with E-state index in [1.165, 1.54) is 0 Å². The average molecular weight is 417 g/mol. The molecule has 2 amide bonds. The van der Waals surface area contributed by atoms with Crippen LogP contribution in [0.15, 0.2) is 42.5 Å². The van der Waals surface area contributed by atoms with Gasteiger partial charge in [0, 0.05) is 12.5 Å². The van der Waals surface area contributed by atoms with Crippen molar-refractivity contribution in [2.75, 3.05) is 19.8 Å². The minimum Gasteiger partial charge on any atom is -0.464 e. The van der Waals surface area contributed by atoms with Crippen molar-refractivity contribution < 1.29 is 24.2 Å². The summed E-state index contributed by atoms with van der Waals surface area (Å²) in [5.74, 6) is -1.53. The van der Waals surface area contributed by atoms with Gasteiger partial charge in [0.1, 0.15) is 6.61 Å². The third kappa shape index (κ3) is 8.37. The highest BCUT2D eigenvalue weighted by Gasteiger charge is 2.23. The second-order valence-electron chi connectivity index (χ2n) is 7.68. The maximum atomic E-state index is 12.5. The number of hydrogen-bond donors (Lipinski definition) is 3. The largest absolute Gasteiger partial charge is 0.464 e. The van der Waals surface area contributed by atoms with Crippen LogP contribution in [0.1, 0.15) is 38.2 Å². The fourth-order valence-corrected chi connectivity index (χ4v) is 3.35. The fraction of sp³-hybridized carbons (Fsp3) is 0.522. The van der Waals surface area contributed by atoms with E-state index in [1.54, 1.807) is 6.92 Å². The second-order valence-corrected chi connectivity index (χ2v) is 7.68. The van der Waals surface area contributed by atoms with Crippen LogP contribution in [0.25, 0.3) is 0 Å². The highest BCUT2D eigenvalue weighted by Crippen LogP contribution is 2.18. The lowest BCUT2D eigenvalue weighted by Gasteiger charge is -2.17. The highest BCUT2D eigenvalue weighted by atomic mass is 16.5. The molecular weight excluding hydrogens is 384 g/mol. The molecule has 30 heavy (non-hydrogen) atoms. The Hall–Kier alpha value is -2.67. The number of nitrogens with one attached hydrogen (secondary N) is 2. The molecule has 1 aliphatic heterocycles. The van der Waals surface area contributed by atoms with Gasteiger partial charge in [-0.15, -0.1) is 0 Å². The van der Waals surface area contributed by atoms with Crippen molar-refractivity contribution >= 4 is 17.8 Å². The Kier molecular flexibility index (Phi) is 10.1. The first-order chi connectivity index (χ1) is 14.5. The molecule has 0 radical (unpaired) electrons.